The van der Waals surface area contributed by atoms with E-state index in [-0.39, 0.29) is 5.69 Å². The highest BCUT2D eigenvalue weighted by Crippen LogP contribution is 2.36. The van der Waals surface area contributed by atoms with Gasteiger partial charge in [-0.3, -0.25) is 4.79 Å². The lowest BCUT2D eigenvalue weighted by Gasteiger charge is -2.47. The number of aliphatic carboxylic acids is 1. The molecule has 7 atom stereocenters. The molecule has 1 aliphatic rings. The summed E-state index contributed by atoms with van der Waals surface area (Å²) < 4.78 is 35.1. The Morgan fingerprint density at radius 3 is 2.21 bits per heavy atom. The predicted molar refractivity (Wildman–Crippen MR) is 114 cm³/mol. The first-order chi connectivity index (χ1) is 15.8. The number of hydrogen-bond acceptors (Lipinski definition) is 7. The molecule has 0 aromatic heterocycles. The van der Waals surface area contributed by atoms with Crippen LogP contribution in [0.1, 0.15) is 19.4 Å². The van der Waals surface area contributed by atoms with E-state index in [0.717, 1.165) is 5.56 Å². The van der Waals surface area contributed by atoms with E-state index in [1.807, 2.05) is 0 Å². The van der Waals surface area contributed by atoms with Crippen molar-refractivity contribution in [1.82, 2.24) is 10.6 Å². The maximum Gasteiger partial charge on any atom is 0.372 e. The number of ether oxygens (including phenoxy) is 1. The Bertz CT molecular complexity index is 887. The zero-order valence-corrected chi connectivity index (χ0v) is 18.7. The van der Waals surface area contributed by atoms with Crippen molar-refractivity contribution in [3.63, 3.8) is 0 Å². The van der Waals surface area contributed by atoms with E-state index in [9.17, 15) is 29.7 Å². The van der Waals surface area contributed by atoms with Crippen molar-refractivity contribution in [2.45, 2.75) is 63.2 Å². The highest BCUT2D eigenvalue weighted by Gasteiger charge is 2.63. The van der Waals surface area contributed by atoms with Gasteiger partial charge in [0.05, 0.1) is 18.7 Å². The summed E-state index contributed by atoms with van der Waals surface area (Å²) in [4.78, 5) is 36.4. The molecule has 1 aromatic rings. The Morgan fingerprint density at radius 1 is 1.12 bits per heavy atom. The third-order valence-electron chi connectivity index (χ3n) is 5.37. The van der Waals surface area contributed by atoms with Gasteiger partial charge in [0.15, 0.2) is 6.17 Å². The quantitative estimate of drug-likeness (QED) is 0.263. The molecule has 0 saturated carbocycles. The molecule has 1 heterocycles. The maximum atomic E-state index is 15.3. The van der Waals surface area contributed by atoms with Crippen LogP contribution in [0.3, 0.4) is 0 Å². The van der Waals surface area contributed by atoms with Crippen molar-refractivity contribution >= 4 is 23.6 Å². The van der Waals surface area contributed by atoms with Gasteiger partial charge in [0.2, 0.25) is 5.91 Å². The monoisotopic (exact) mass is 489 g/mol. The van der Waals surface area contributed by atoms with Gasteiger partial charge in [-0.25, -0.2) is 14.0 Å². The number of aryl methyl sites for hydroxylation is 1. The van der Waals surface area contributed by atoms with Crippen LogP contribution in [0.4, 0.5) is 19.3 Å². The molecule has 2 rings (SSSR count). The summed E-state index contributed by atoms with van der Waals surface area (Å²) in [6, 6.07) is 1.56. The van der Waals surface area contributed by atoms with Gasteiger partial charge in [-0.1, -0.05) is 31.5 Å². The first-order valence-electron chi connectivity index (χ1n) is 10.5. The van der Waals surface area contributed by atoms with E-state index >= 15 is 8.78 Å². The minimum Gasteiger partial charge on any atom is -0.477 e. The van der Waals surface area contributed by atoms with Crippen molar-refractivity contribution < 1.29 is 48.3 Å². The average Bonchev–Trinajstić information content (AvgIpc) is 2.78. The van der Waals surface area contributed by atoms with Crippen molar-refractivity contribution in [1.29, 1.82) is 0 Å². The molecule has 0 aliphatic carbocycles. The first kappa shape index (κ1) is 27.4. The molecular weight excluding hydrogens is 460 g/mol. The number of halogens is 2. The molecule has 13 heteroatoms. The topological polar surface area (TPSA) is 177 Å². The van der Waals surface area contributed by atoms with Gasteiger partial charge in [-0.05, 0) is 19.1 Å². The molecule has 1 aliphatic heterocycles. The highest BCUT2D eigenvalue weighted by molar-refractivity contribution is 5.90. The van der Waals surface area contributed by atoms with Crippen LogP contribution in [0, 0.1) is 12.8 Å². The Hall–Kier alpha value is -2.87. The number of amides is 3. The van der Waals surface area contributed by atoms with Gasteiger partial charge in [0, 0.05) is 11.6 Å². The molecule has 11 nitrogen and oxygen atoms in total. The van der Waals surface area contributed by atoms with Crippen LogP contribution >= 0.6 is 0 Å². The maximum absolute atomic E-state index is 15.3. The van der Waals surface area contributed by atoms with Crippen molar-refractivity contribution in [3.8, 4) is 0 Å². The fraction of sp³-hybridized carbons (Fsp3) is 0.571. The summed E-state index contributed by atoms with van der Waals surface area (Å²) in [7, 11) is 0. The van der Waals surface area contributed by atoms with Gasteiger partial charge < -0.3 is 41.1 Å². The summed E-state index contributed by atoms with van der Waals surface area (Å²) in [6.07, 6.45) is -9.22. The molecule has 0 spiro atoms. The van der Waals surface area contributed by atoms with Crippen LogP contribution in [0.5, 0.6) is 0 Å². The number of carbonyl (C=O) groups excluding carboxylic acids is 2. The van der Waals surface area contributed by atoms with Gasteiger partial charge in [0.25, 0.3) is 0 Å². The highest BCUT2D eigenvalue weighted by atomic mass is 19.2. The second-order valence-electron chi connectivity index (χ2n) is 8.35. The van der Waals surface area contributed by atoms with Crippen LogP contribution in [0.2, 0.25) is 0 Å². The molecular formula is C21H29F2N3O8. The number of benzene rings is 1. The number of alkyl halides is 2. The Kier molecular flexibility index (Phi) is 8.89. The summed E-state index contributed by atoms with van der Waals surface area (Å²) >= 11 is 0. The predicted octanol–water partition coefficient (Wildman–Crippen LogP) is -0.173. The fourth-order valence-electron chi connectivity index (χ4n) is 3.35. The van der Waals surface area contributed by atoms with E-state index in [1.165, 1.54) is 26.0 Å². The molecule has 34 heavy (non-hydrogen) atoms. The van der Waals surface area contributed by atoms with E-state index in [0.29, 0.717) is 0 Å². The minimum absolute atomic E-state index is 0.283. The summed E-state index contributed by atoms with van der Waals surface area (Å²) in [5.41, 5.74) is 1.17. The summed E-state index contributed by atoms with van der Waals surface area (Å²) in [5, 5.41) is 45.4. The lowest BCUT2D eigenvalue weighted by molar-refractivity contribution is -0.277. The van der Waals surface area contributed by atoms with Crippen LogP contribution in [0.15, 0.2) is 24.3 Å². The summed E-state index contributed by atoms with van der Waals surface area (Å²) in [5.74, 6) is -7.85. The van der Waals surface area contributed by atoms with E-state index in [1.54, 1.807) is 19.1 Å². The van der Waals surface area contributed by atoms with Crippen LogP contribution < -0.4 is 16.0 Å². The first-order valence-corrected chi connectivity index (χ1v) is 10.5. The fourth-order valence-corrected chi connectivity index (χ4v) is 3.35. The molecule has 1 aromatic carbocycles. The van der Waals surface area contributed by atoms with E-state index in [4.69, 9.17) is 9.84 Å². The number of urea groups is 1. The third kappa shape index (κ3) is 5.97. The van der Waals surface area contributed by atoms with Crippen LogP contribution in [-0.2, 0) is 14.3 Å². The number of carboxylic acid groups (broad SMARTS) is 1. The number of aliphatic hydroxyl groups excluding tert-OH is 3. The lowest BCUT2D eigenvalue weighted by Crippen LogP contribution is -2.75. The smallest absolute Gasteiger partial charge is 0.372 e. The van der Waals surface area contributed by atoms with Crippen LogP contribution in [0.25, 0.3) is 0 Å². The second kappa shape index (κ2) is 11.0. The number of aliphatic hydroxyl groups is 3. The number of hydrogen-bond donors (Lipinski definition) is 7. The number of carboxylic acids is 1. The van der Waals surface area contributed by atoms with E-state index < -0.39 is 72.9 Å². The number of carbonyl (C=O) groups is 3. The van der Waals surface area contributed by atoms with Gasteiger partial charge in [-0.15, -0.1) is 0 Å². The van der Waals surface area contributed by atoms with E-state index in [2.05, 4.69) is 16.0 Å². The van der Waals surface area contributed by atoms with Gasteiger partial charge in [-0.2, -0.15) is 4.39 Å². The summed E-state index contributed by atoms with van der Waals surface area (Å²) in [6.45, 7) is 3.72. The molecule has 0 radical (unpaired) electrons. The lowest BCUT2D eigenvalue weighted by atomic mass is 9.85. The molecule has 7 N–H and O–H groups in total. The molecule has 0 bridgehead atoms. The average molecular weight is 489 g/mol. The van der Waals surface area contributed by atoms with Gasteiger partial charge >= 0.3 is 17.9 Å². The molecule has 2 unspecified atom stereocenters. The molecule has 3 amide bonds. The Labute approximate surface area is 194 Å². The Morgan fingerprint density at radius 2 is 1.71 bits per heavy atom. The molecule has 190 valence electrons. The van der Waals surface area contributed by atoms with Crippen molar-refractivity contribution in [3.05, 3.63) is 29.8 Å². The number of rotatable bonds is 8. The SMILES string of the molecule is Cc1ccc(NC(=O)N[C@H]2C(F)C(F)(C(=O)O)O[C@@H]([C@H](O)[C@H](O)CO)[C@@H]2NC(=O)C(C)C)cc1. The normalized spacial score (nSPS) is 28.6. The van der Waals surface area contributed by atoms with Crippen LogP contribution in [-0.4, -0.2) is 87.4 Å². The van der Waals surface area contributed by atoms with Crippen molar-refractivity contribution in [2.24, 2.45) is 5.92 Å². The zero-order valence-electron chi connectivity index (χ0n) is 18.7. The van der Waals surface area contributed by atoms with Crippen molar-refractivity contribution in [2.75, 3.05) is 11.9 Å². The molecule has 1 fully saturated rings. The number of nitrogens with one attached hydrogen (secondary N) is 3. The van der Waals surface area contributed by atoms with Gasteiger partial charge in [0.1, 0.15) is 18.3 Å². The minimum atomic E-state index is -4.05. The second-order valence-corrected chi connectivity index (χ2v) is 8.35. The Balaban J connectivity index is 2.44. The standard InChI is InChI=1S/C21H29F2N3O8/c1-9(2)18(30)25-13-14(26-20(33)24-11-6-4-10(3)5-7-11)17(22)21(23,19(31)32)34-16(13)15(29)12(28)8-27/h4-7,9,12-17,27-29H,8H2,1-3H3,(H,25,30)(H,31,32)(H2,24,26,33)/t12-,13-,14-,15-,16-,17?,21?/m1/s1. The third-order valence-corrected chi connectivity index (χ3v) is 5.37. The number of anilines is 1. The largest absolute Gasteiger partial charge is 0.477 e. The zero-order chi connectivity index (χ0) is 25.8. The molecule has 1 saturated heterocycles.